The topological polar surface area (TPSA) is 64.7 Å². The van der Waals surface area contributed by atoms with Crippen LogP contribution in [0.2, 0.25) is 0 Å². The number of anilines is 2. The zero-order valence-corrected chi connectivity index (χ0v) is 22.6. The first-order valence-electron chi connectivity index (χ1n) is 13.7. The summed E-state index contributed by atoms with van der Waals surface area (Å²) in [5, 5.41) is 7.36. The van der Waals surface area contributed by atoms with Crippen molar-refractivity contribution in [3.05, 3.63) is 85.0 Å². The number of carbonyl (C=O) groups excluding carboxylic acids is 2. The lowest BCUT2D eigenvalue weighted by atomic mass is 9.60. The van der Waals surface area contributed by atoms with Gasteiger partial charge < -0.3 is 20.4 Å². The van der Waals surface area contributed by atoms with E-state index in [2.05, 4.69) is 75.8 Å². The maximum Gasteiger partial charge on any atom is 0.247 e. The predicted molar refractivity (Wildman–Crippen MR) is 150 cm³/mol. The quantitative estimate of drug-likeness (QED) is 0.570. The maximum absolute atomic E-state index is 14.6. The van der Waals surface area contributed by atoms with Gasteiger partial charge in [-0.3, -0.25) is 9.59 Å². The Morgan fingerprint density at radius 3 is 1.47 bits per heavy atom. The molecule has 2 aromatic carbocycles. The van der Waals surface area contributed by atoms with Gasteiger partial charge in [-0.15, -0.1) is 13.2 Å². The number of amides is 2. The van der Waals surface area contributed by atoms with Crippen molar-refractivity contribution in [2.24, 2.45) is 10.8 Å². The van der Waals surface area contributed by atoms with Gasteiger partial charge in [0, 0.05) is 22.2 Å². The van der Waals surface area contributed by atoms with Crippen LogP contribution < -0.4 is 10.6 Å². The number of allylic oxidation sites excluding steroid dienone is 2. The first-order valence-corrected chi connectivity index (χ1v) is 13.7. The smallest absolute Gasteiger partial charge is 0.247 e. The molecule has 6 nitrogen and oxygen atoms in total. The molecule has 196 valence electrons. The van der Waals surface area contributed by atoms with Crippen molar-refractivity contribution in [1.29, 1.82) is 0 Å². The molecule has 2 aromatic rings. The van der Waals surface area contributed by atoms with Crippen molar-refractivity contribution in [3.8, 4) is 0 Å². The van der Waals surface area contributed by atoms with E-state index in [1.165, 1.54) is 11.1 Å². The molecule has 38 heavy (non-hydrogen) atoms. The maximum atomic E-state index is 14.6. The van der Waals surface area contributed by atoms with Crippen LogP contribution in [0.15, 0.2) is 73.8 Å². The van der Waals surface area contributed by atoms with Gasteiger partial charge in [0.2, 0.25) is 11.8 Å². The number of rotatable bonds is 4. The van der Waals surface area contributed by atoms with Crippen molar-refractivity contribution in [2.45, 2.75) is 75.8 Å². The average Bonchev–Trinajstić information content (AvgIpc) is 3.62. The second kappa shape index (κ2) is 7.10. The zero-order chi connectivity index (χ0) is 26.8. The Bertz CT molecular complexity index is 1320. The van der Waals surface area contributed by atoms with E-state index < -0.39 is 22.9 Å². The van der Waals surface area contributed by atoms with Gasteiger partial charge in [0.05, 0.1) is 0 Å². The Morgan fingerprint density at radius 2 is 1.11 bits per heavy atom. The van der Waals surface area contributed by atoms with Gasteiger partial charge in [-0.2, -0.15) is 0 Å². The van der Waals surface area contributed by atoms with Crippen LogP contribution in [0.4, 0.5) is 11.4 Å². The number of piperazine rings is 1. The Hall–Kier alpha value is -3.54. The van der Waals surface area contributed by atoms with Gasteiger partial charge in [0.15, 0.2) is 0 Å². The molecular formula is C32H36N4O2. The summed E-state index contributed by atoms with van der Waals surface area (Å²) in [5.74, 6) is 0.0733. The van der Waals surface area contributed by atoms with Crippen molar-refractivity contribution in [2.75, 3.05) is 10.6 Å². The Kier molecular flexibility index (Phi) is 4.40. The summed E-state index contributed by atoms with van der Waals surface area (Å²) in [7, 11) is 0. The number of carbonyl (C=O) groups is 2. The van der Waals surface area contributed by atoms with Crippen LogP contribution in [0.1, 0.15) is 51.7 Å². The molecule has 0 bridgehead atoms. The lowest BCUT2D eigenvalue weighted by molar-refractivity contribution is -0.160. The molecule has 1 unspecified atom stereocenters. The number of nitrogens with zero attached hydrogens (tertiary/aromatic N) is 2. The molecular weight excluding hydrogens is 472 g/mol. The third-order valence-electron chi connectivity index (χ3n) is 11.0. The fourth-order valence-electron chi connectivity index (χ4n) is 8.66. The van der Waals surface area contributed by atoms with Crippen LogP contribution in [0.5, 0.6) is 0 Å². The molecule has 6 atom stereocenters. The molecule has 5 heterocycles. The van der Waals surface area contributed by atoms with Gasteiger partial charge in [-0.05, 0) is 46.9 Å². The molecule has 2 amide bonds. The molecule has 3 fully saturated rings. The van der Waals surface area contributed by atoms with E-state index >= 15 is 0 Å². The molecule has 2 N–H and O–H groups in total. The first-order chi connectivity index (χ1) is 18.1. The average molecular weight is 509 g/mol. The largest absolute Gasteiger partial charge is 0.364 e. The van der Waals surface area contributed by atoms with Crippen LogP contribution in [0, 0.1) is 10.8 Å². The van der Waals surface area contributed by atoms with E-state index in [0.29, 0.717) is 12.8 Å². The monoisotopic (exact) mass is 508 g/mol. The standard InChI is InChI=1S/C32H36N4O2/c1-7-29(3,4)31-17-23-25(37)36-24(26(38)35(23)27(31)33-21-15-11-9-13-19(21)31)18-32(30(5,6)8-2)20-14-10-12-16-22(20)34-28(32)36/h7-16,23-24,27-28,33-34H,1-2,17-18H2,3-6H3/t23-,24-,27+,28?,31+,32-/m1/s1. The second-order valence-corrected chi connectivity index (χ2v) is 12.9. The normalized spacial score (nSPS) is 34.4. The summed E-state index contributed by atoms with van der Waals surface area (Å²) in [4.78, 5) is 33.0. The third-order valence-corrected chi connectivity index (χ3v) is 11.0. The van der Waals surface area contributed by atoms with Crippen molar-refractivity contribution in [1.82, 2.24) is 9.80 Å². The van der Waals surface area contributed by atoms with Gasteiger partial charge in [-0.25, -0.2) is 0 Å². The van der Waals surface area contributed by atoms with Gasteiger partial charge >= 0.3 is 0 Å². The molecule has 0 spiro atoms. The Balaban J connectivity index is 1.38. The molecule has 7 rings (SSSR count). The highest BCUT2D eigenvalue weighted by Crippen LogP contribution is 2.64. The van der Waals surface area contributed by atoms with Crippen LogP contribution in [0.3, 0.4) is 0 Å². The Morgan fingerprint density at radius 1 is 0.737 bits per heavy atom. The van der Waals surface area contributed by atoms with E-state index in [0.717, 1.165) is 11.4 Å². The van der Waals surface area contributed by atoms with E-state index in [4.69, 9.17) is 0 Å². The number of para-hydroxylation sites is 2. The molecule has 0 radical (unpaired) electrons. The number of benzene rings is 2. The predicted octanol–water partition coefficient (Wildman–Crippen LogP) is 5.01. The lowest BCUT2D eigenvalue weighted by Crippen LogP contribution is -2.66. The van der Waals surface area contributed by atoms with Crippen molar-refractivity contribution >= 4 is 23.2 Å². The van der Waals surface area contributed by atoms with E-state index in [9.17, 15) is 9.59 Å². The minimum atomic E-state index is -0.531. The summed E-state index contributed by atoms with van der Waals surface area (Å²) in [6.45, 7) is 17.1. The number of hydrogen-bond donors (Lipinski definition) is 2. The minimum Gasteiger partial charge on any atom is -0.364 e. The van der Waals surface area contributed by atoms with Crippen LogP contribution in [-0.2, 0) is 20.4 Å². The molecule has 5 aliphatic heterocycles. The molecule has 0 aromatic heterocycles. The highest BCUT2D eigenvalue weighted by Gasteiger charge is 2.73. The number of hydrogen-bond acceptors (Lipinski definition) is 4. The van der Waals surface area contributed by atoms with E-state index in [1.54, 1.807) is 0 Å². The summed E-state index contributed by atoms with van der Waals surface area (Å²) >= 11 is 0. The van der Waals surface area contributed by atoms with Crippen LogP contribution in [-0.4, -0.2) is 46.0 Å². The van der Waals surface area contributed by atoms with Crippen molar-refractivity contribution in [3.63, 3.8) is 0 Å². The van der Waals surface area contributed by atoms with E-state index in [-0.39, 0.29) is 35.0 Å². The summed E-state index contributed by atoms with van der Waals surface area (Å²) in [5.41, 5.74) is 2.80. The van der Waals surface area contributed by atoms with Gasteiger partial charge in [-0.1, -0.05) is 76.2 Å². The minimum absolute atomic E-state index is 0.0366. The summed E-state index contributed by atoms with van der Waals surface area (Å²) < 4.78 is 0. The zero-order valence-electron chi connectivity index (χ0n) is 22.6. The van der Waals surface area contributed by atoms with E-state index in [1.807, 2.05) is 46.2 Å². The lowest BCUT2D eigenvalue weighted by Gasteiger charge is -2.45. The summed E-state index contributed by atoms with van der Waals surface area (Å²) in [6.07, 6.45) is 4.50. The molecule has 5 aliphatic rings. The molecule has 6 heteroatoms. The molecule has 3 saturated heterocycles. The molecule has 0 saturated carbocycles. The highest BCUT2D eigenvalue weighted by atomic mass is 16.2. The SMILES string of the molecule is C=CC(C)(C)[C@]12C[C@@H]3C(=O)N4C5Nc6ccccc6[C@]5(C(C)(C)C=C)C[C@@H]4C(=O)N3[C@@H]1Nc1ccccc12. The highest BCUT2D eigenvalue weighted by molar-refractivity contribution is 6.00. The van der Waals surface area contributed by atoms with Crippen LogP contribution in [0.25, 0.3) is 0 Å². The fraction of sp³-hybridized carbons (Fsp3) is 0.438. The first kappa shape index (κ1) is 23.6. The second-order valence-electron chi connectivity index (χ2n) is 12.9. The van der Waals surface area contributed by atoms with Gasteiger partial charge in [0.1, 0.15) is 24.4 Å². The number of nitrogens with one attached hydrogen (secondary N) is 2. The fourth-order valence-corrected chi connectivity index (χ4v) is 8.66. The number of fused-ring (bicyclic) bond motifs is 10. The van der Waals surface area contributed by atoms with Crippen molar-refractivity contribution < 1.29 is 9.59 Å². The Labute approximate surface area is 224 Å². The third kappa shape index (κ3) is 2.37. The van der Waals surface area contributed by atoms with Crippen LogP contribution >= 0.6 is 0 Å². The molecule has 0 aliphatic carbocycles. The summed E-state index contributed by atoms with van der Waals surface area (Å²) in [6, 6.07) is 15.5. The van der Waals surface area contributed by atoms with Gasteiger partial charge in [0.25, 0.3) is 0 Å².